The van der Waals surface area contributed by atoms with Crippen LogP contribution in [0.25, 0.3) is 0 Å². The van der Waals surface area contributed by atoms with Crippen LogP contribution in [0.4, 0.5) is 35.1 Å². The summed E-state index contributed by atoms with van der Waals surface area (Å²) in [4.78, 5) is 0. The van der Waals surface area contributed by atoms with Crippen molar-refractivity contribution in [2.75, 3.05) is 0 Å². The molecular formula is C12H4F8. The van der Waals surface area contributed by atoms with E-state index in [0.717, 1.165) is 0 Å². The van der Waals surface area contributed by atoms with Gasteiger partial charge in [-0.25, -0.2) is 35.1 Å². The molecule has 0 unspecified atom stereocenters. The maximum absolute atomic E-state index is 12.0. The summed E-state index contributed by atoms with van der Waals surface area (Å²) < 4.78 is 95.8. The van der Waals surface area contributed by atoms with Crippen molar-refractivity contribution in [2.24, 2.45) is 0 Å². The van der Waals surface area contributed by atoms with Crippen molar-refractivity contribution >= 4 is 0 Å². The van der Waals surface area contributed by atoms with Gasteiger partial charge in [0.25, 0.3) is 0 Å². The van der Waals surface area contributed by atoms with Gasteiger partial charge in [-0.15, -0.1) is 0 Å². The van der Waals surface area contributed by atoms with Gasteiger partial charge in [-0.2, -0.15) is 0 Å². The van der Waals surface area contributed by atoms with Crippen LogP contribution in [-0.2, 0) is 0 Å². The Hall–Kier alpha value is -2.12. The lowest BCUT2D eigenvalue weighted by Crippen LogP contribution is -1.90. The zero-order valence-corrected chi connectivity index (χ0v) is 9.33. The first-order valence-corrected chi connectivity index (χ1v) is 4.82. The van der Waals surface area contributed by atoms with Gasteiger partial charge in [-0.1, -0.05) is 0 Å². The maximum atomic E-state index is 12.0. The molecule has 0 aromatic heterocycles. The maximum Gasteiger partial charge on any atom is 0.161 e. The summed E-state index contributed by atoms with van der Waals surface area (Å²) in [5.41, 5.74) is 0. The average molecular weight is 300 g/mol. The minimum absolute atomic E-state index is 0.157. The third kappa shape index (κ3) is 3.94. The minimum Gasteiger partial charge on any atom is -0.204 e. The Labute approximate surface area is 107 Å². The lowest BCUT2D eigenvalue weighted by Gasteiger charge is -1.92. The molecule has 0 fully saturated rings. The third-order valence-electron chi connectivity index (χ3n) is 1.93. The lowest BCUT2D eigenvalue weighted by molar-refractivity contribution is 0.454. The van der Waals surface area contributed by atoms with E-state index in [0.29, 0.717) is 0 Å². The van der Waals surface area contributed by atoms with Crippen molar-refractivity contribution in [1.29, 1.82) is 0 Å². The van der Waals surface area contributed by atoms with E-state index in [2.05, 4.69) is 0 Å². The van der Waals surface area contributed by atoms with Gasteiger partial charge in [0, 0.05) is 24.3 Å². The Balaban J connectivity index is 0.000000200. The van der Waals surface area contributed by atoms with Crippen molar-refractivity contribution in [3.05, 3.63) is 70.8 Å². The fourth-order valence-corrected chi connectivity index (χ4v) is 0.997. The molecule has 0 atom stereocenters. The molecule has 0 amide bonds. The van der Waals surface area contributed by atoms with E-state index in [1.165, 1.54) is 0 Å². The molecule has 2 aromatic carbocycles. The van der Waals surface area contributed by atoms with E-state index < -0.39 is 46.5 Å². The van der Waals surface area contributed by atoms with Gasteiger partial charge in [-0.05, 0) is 0 Å². The van der Waals surface area contributed by atoms with Crippen molar-refractivity contribution in [3.63, 3.8) is 0 Å². The molecule has 0 heterocycles. The minimum atomic E-state index is -1.39. The summed E-state index contributed by atoms with van der Waals surface area (Å²) in [7, 11) is 0. The van der Waals surface area contributed by atoms with Crippen LogP contribution in [0.2, 0.25) is 0 Å². The van der Waals surface area contributed by atoms with Crippen molar-refractivity contribution in [3.8, 4) is 0 Å². The largest absolute Gasteiger partial charge is 0.204 e. The first-order chi connectivity index (χ1) is 9.22. The predicted molar refractivity (Wildman–Crippen MR) is 52.5 cm³/mol. The van der Waals surface area contributed by atoms with Crippen LogP contribution >= 0.6 is 0 Å². The standard InChI is InChI=1S/2C6H2F4/c2*7-3-1-4(8)6(10)2-5(3)9/h2*1-2H. The second-order valence-corrected chi connectivity index (χ2v) is 3.36. The summed E-state index contributed by atoms with van der Waals surface area (Å²) in [6, 6.07) is 0.630. The Morgan fingerprint density at radius 3 is 0.500 bits per heavy atom. The molecule has 2 rings (SSSR count). The number of rotatable bonds is 0. The fourth-order valence-electron chi connectivity index (χ4n) is 0.997. The molecule has 20 heavy (non-hydrogen) atoms. The highest BCUT2D eigenvalue weighted by molar-refractivity contribution is 5.10. The number of hydrogen-bond donors (Lipinski definition) is 0. The van der Waals surface area contributed by atoms with Crippen molar-refractivity contribution in [1.82, 2.24) is 0 Å². The van der Waals surface area contributed by atoms with Gasteiger partial charge in [-0.3, -0.25) is 0 Å². The highest BCUT2D eigenvalue weighted by atomic mass is 19.2. The molecule has 0 aliphatic carbocycles. The van der Waals surface area contributed by atoms with Gasteiger partial charge in [0.1, 0.15) is 0 Å². The van der Waals surface area contributed by atoms with E-state index >= 15 is 0 Å². The van der Waals surface area contributed by atoms with Crippen LogP contribution in [-0.4, -0.2) is 0 Å². The van der Waals surface area contributed by atoms with Crippen LogP contribution < -0.4 is 0 Å². The highest BCUT2D eigenvalue weighted by Crippen LogP contribution is 2.11. The van der Waals surface area contributed by atoms with E-state index in [4.69, 9.17) is 0 Å². The van der Waals surface area contributed by atoms with Gasteiger partial charge in [0.15, 0.2) is 46.5 Å². The van der Waals surface area contributed by atoms with Gasteiger partial charge in [0.05, 0.1) is 0 Å². The van der Waals surface area contributed by atoms with E-state index in [1.807, 2.05) is 0 Å². The van der Waals surface area contributed by atoms with Crippen LogP contribution in [0.3, 0.4) is 0 Å². The predicted octanol–water partition coefficient (Wildman–Crippen LogP) is 4.49. The molecular weight excluding hydrogens is 296 g/mol. The molecule has 0 saturated heterocycles. The molecule has 0 bridgehead atoms. The second kappa shape index (κ2) is 6.36. The molecule has 0 aliphatic heterocycles. The Morgan fingerprint density at radius 1 is 0.300 bits per heavy atom. The summed E-state index contributed by atoms with van der Waals surface area (Å²) in [6.45, 7) is 0. The normalized spacial score (nSPS) is 10.0. The number of halogens is 8. The van der Waals surface area contributed by atoms with Gasteiger partial charge >= 0.3 is 0 Å². The number of hydrogen-bond acceptors (Lipinski definition) is 0. The first-order valence-electron chi connectivity index (χ1n) is 4.82. The summed E-state index contributed by atoms with van der Waals surface area (Å²) in [5, 5.41) is 0. The van der Waals surface area contributed by atoms with Crippen molar-refractivity contribution < 1.29 is 35.1 Å². The number of benzene rings is 2. The monoisotopic (exact) mass is 300 g/mol. The zero-order chi connectivity index (χ0) is 15.4. The summed E-state index contributed by atoms with van der Waals surface area (Å²) in [6.07, 6.45) is 0. The molecule has 8 heteroatoms. The van der Waals surface area contributed by atoms with Crippen LogP contribution in [0, 0.1) is 46.5 Å². The van der Waals surface area contributed by atoms with Crippen LogP contribution in [0.5, 0.6) is 0 Å². The van der Waals surface area contributed by atoms with Crippen molar-refractivity contribution in [2.45, 2.75) is 0 Å². The van der Waals surface area contributed by atoms with Gasteiger partial charge in [0.2, 0.25) is 0 Å². The van der Waals surface area contributed by atoms with Crippen LogP contribution in [0.1, 0.15) is 0 Å². The molecule has 108 valence electrons. The summed E-state index contributed by atoms with van der Waals surface area (Å²) >= 11 is 0. The molecule has 0 radical (unpaired) electrons. The second-order valence-electron chi connectivity index (χ2n) is 3.36. The molecule has 0 aliphatic rings. The SMILES string of the molecule is Fc1cc(F)c(F)cc1F.Fc1cc(F)c(F)cc1F. The molecule has 0 spiro atoms. The fraction of sp³-hybridized carbons (Fsp3) is 0. The smallest absolute Gasteiger partial charge is 0.161 e. The third-order valence-corrected chi connectivity index (χ3v) is 1.93. The topological polar surface area (TPSA) is 0 Å². The molecule has 0 saturated carbocycles. The molecule has 2 aromatic rings. The quantitative estimate of drug-likeness (QED) is 0.497. The van der Waals surface area contributed by atoms with E-state index in [1.54, 1.807) is 0 Å². The van der Waals surface area contributed by atoms with E-state index in [-0.39, 0.29) is 24.3 Å². The zero-order valence-electron chi connectivity index (χ0n) is 9.33. The van der Waals surface area contributed by atoms with E-state index in [9.17, 15) is 35.1 Å². The Kier molecular flexibility index (Phi) is 5.06. The molecule has 0 nitrogen and oxygen atoms in total. The highest BCUT2D eigenvalue weighted by Gasteiger charge is 2.08. The summed E-state index contributed by atoms with van der Waals surface area (Å²) in [5.74, 6) is -11.1. The first kappa shape index (κ1) is 15.9. The Morgan fingerprint density at radius 2 is 0.400 bits per heavy atom. The average Bonchev–Trinajstić information content (AvgIpc) is 2.35. The van der Waals surface area contributed by atoms with Crippen LogP contribution in [0.15, 0.2) is 24.3 Å². The molecule has 0 N–H and O–H groups in total. The Bertz CT molecular complexity index is 467. The van der Waals surface area contributed by atoms with Gasteiger partial charge < -0.3 is 0 Å². The lowest BCUT2D eigenvalue weighted by atomic mass is 10.3.